The predicted molar refractivity (Wildman–Crippen MR) is 102 cm³/mol. The van der Waals surface area contributed by atoms with Crippen LogP contribution in [0.3, 0.4) is 0 Å². The number of amides is 1. The molecule has 8 heteroatoms. The number of hydrogen-bond donors (Lipinski definition) is 1. The summed E-state index contributed by atoms with van der Waals surface area (Å²) in [6, 6.07) is 4.37. The Bertz CT molecular complexity index is 930. The average Bonchev–Trinajstić information content (AvgIpc) is 3.21. The Labute approximate surface area is 159 Å². The number of nitrogens with one attached hydrogen (secondary N) is 1. The predicted octanol–water partition coefficient (Wildman–Crippen LogP) is 4.34. The summed E-state index contributed by atoms with van der Waals surface area (Å²) in [4.78, 5) is 17.4. The monoisotopic (exact) mass is 390 g/mol. The lowest BCUT2D eigenvalue weighted by molar-refractivity contribution is -0.111. The van der Waals surface area contributed by atoms with Crippen molar-refractivity contribution >= 4 is 40.6 Å². The summed E-state index contributed by atoms with van der Waals surface area (Å²) >= 11 is 7.55. The van der Waals surface area contributed by atoms with Crippen LogP contribution in [0.4, 0.5) is 10.1 Å². The first-order valence-electron chi connectivity index (χ1n) is 7.87. The first-order chi connectivity index (χ1) is 12.5. The minimum atomic E-state index is -0.479. The zero-order valence-corrected chi connectivity index (χ0v) is 15.5. The SMILES string of the molecule is Cc1ncsc1CCn1cc(NC(=O)/C=C/c2c(F)cccc2Cl)cn1. The van der Waals surface area contributed by atoms with Crippen molar-refractivity contribution in [1.82, 2.24) is 14.8 Å². The van der Waals surface area contributed by atoms with Crippen LogP contribution in [0.1, 0.15) is 16.1 Å². The van der Waals surface area contributed by atoms with Crippen molar-refractivity contribution in [1.29, 1.82) is 0 Å². The van der Waals surface area contributed by atoms with Crippen LogP contribution in [0.5, 0.6) is 0 Å². The van der Waals surface area contributed by atoms with E-state index in [-0.39, 0.29) is 16.5 Å². The number of hydrogen-bond acceptors (Lipinski definition) is 4. The van der Waals surface area contributed by atoms with E-state index in [1.807, 2.05) is 12.4 Å². The fourth-order valence-electron chi connectivity index (χ4n) is 2.35. The van der Waals surface area contributed by atoms with E-state index in [2.05, 4.69) is 15.4 Å². The zero-order valence-electron chi connectivity index (χ0n) is 13.9. The lowest BCUT2D eigenvalue weighted by atomic mass is 10.2. The molecule has 134 valence electrons. The zero-order chi connectivity index (χ0) is 18.5. The second kappa shape index (κ2) is 8.25. The van der Waals surface area contributed by atoms with Crippen LogP contribution in [0.2, 0.25) is 5.02 Å². The molecule has 0 saturated carbocycles. The van der Waals surface area contributed by atoms with Gasteiger partial charge < -0.3 is 5.32 Å². The van der Waals surface area contributed by atoms with Gasteiger partial charge in [-0.15, -0.1) is 11.3 Å². The summed E-state index contributed by atoms with van der Waals surface area (Å²) < 4.78 is 15.4. The largest absolute Gasteiger partial charge is 0.320 e. The molecule has 1 amide bonds. The second-order valence-corrected chi connectivity index (χ2v) is 6.91. The molecular formula is C18H16ClFN4OS. The summed E-state index contributed by atoms with van der Waals surface area (Å²) in [5, 5.41) is 7.17. The smallest absolute Gasteiger partial charge is 0.248 e. The van der Waals surface area contributed by atoms with E-state index in [9.17, 15) is 9.18 Å². The summed E-state index contributed by atoms with van der Waals surface area (Å²) in [5.41, 5.74) is 3.61. The summed E-state index contributed by atoms with van der Waals surface area (Å²) in [6.45, 7) is 2.67. The van der Waals surface area contributed by atoms with Gasteiger partial charge in [-0.05, 0) is 25.1 Å². The standard InChI is InChI=1S/C18H16ClFN4OS/c1-12-17(26-11-21-12)7-8-24-10-13(9-22-24)23-18(25)6-5-14-15(19)3-2-4-16(14)20/h2-6,9-11H,7-8H2,1H3,(H,23,25)/b6-5+. The maximum absolute atomic E-state index is 13.7. The normalized spacial score (nSPS) is 11.2. The maximum Gasteiger partial charge on any atom is 0.248 e. The van der Waals surface area contributed by atoms with Crippen molar-refractivity contribution in [2.75, 3.05) is 5.32 Å². The number of halogens is 2. The lowest BCUT2D eigenvalue weighted by Crippen LogP contribution is -2.07. The highest BCUT2D eigenvalue weighted by atomic mass is 35.5. The van der Waals surface area contributed by atoms with E-state index >= 15 is 0 Å². The molecule has 2 heterocycles. The highest BCUT2D eigenvalue weighted by molar-refractivity contribution is 7.09. The molecule has 5 nitrogen and oxygen atoms in total. The molecule has 0 spiro atoms. The van der Waals surface area contributed by atoms with Crippen LogP contribution in [-0.2, 0) is 17.8 Å². The van der Waals surface area contributed by atoms with Gasteiger partial charge in [-0.3, -0.25) is 9.48 Å². The van der Waals surface area contributed by atoms with Crippen LogP contribution in [0.15, 0.2) is 42.2 Å². The molecule has 0 atom stereocenters. The molecule has 1 N–H and O–H groups in total. The number of carbonyl (C=O) groups is 1. The van der Waals surface area contributed by atoms with Gasteiger partial charge in [0.2, 0.25) is 5.91 Å². The van der Waals surface area contributed by atoms with Crippen molar-refractivity contribution in [3.05, 3.63) is 69.2 Å². The summed E-state index contributed by atoms with van der Waals surface area (Å²) in [5.74, 6) is -0.866. The van der Waals surface area contributed by atoms with Crippen LogP contribution < -0.4 is 5.32 Å². The number of carbonyl (C=O) groups excluding carboxylic acids is 1. The minimum absolute atomic E-state index is 0.180. The fraction of sp³-hybridized carbons (Fsp3) is 0.167. The van der Waals surface area contributed by atoms with E-state index in [1.165, 1.54) is 29.2 Å². The number of aryl methyl sites for hydroxylation is 3. The molecule has 0 aliphatic carbocycles. The van der Waals surface area contributed by atoms with Gasteiger partial charge in [0.25, 0.3) is 0 Å². The fourth-order valence-corrected chi connectivity index (χ4v) is 3.34. The highest BCUT2D eigenvalue weighted by Gasteiger charge is 2.06. The molecule has 0 unspecified atom stereocenters. The Balaban J connectivity index is 1.57. The Kier molecular flexibility index (Phi) is 5.80. The van der Waals surface area contributed by atoms with Crippen molar-refractivity contribution < 1.29 is 9.18 Å². The van der Waals surface area contributed by atoms with Crippen molar-refractivity contribution in [3.8, 4) is 0 Å². The number of rotatable bonds is 6. The number of aromatic nitrogens is 3. The van der Waals surface area contributed by atoms with E-state index in [0.29, 0.717) is 12.2 Å². The van der Waals surface area contributed by atoms with Gasteiger partial charge >= 0.3 is 0 Å². The Morgan fingerprint density at radius 1 is 1.46 bits per heavy atom. The minimum Gasteiger partial charge on any atom is -0.320 e. The number of thiazole rings is 1. The molecule has 1 aromatic carbocycles. The van der Waals surface area contributed by atoms with E-state index < -0.39 is 5.82 Å². The second-order valence-electron chi connectivity index (χ2n) is 5.56. The molecule has 3 aromatic rings. The molecule has 0 fully saturated rings. The first-order valence-corrected chi connectivity index (χ1v) is 9.13. The van der Waals surface area contributed by atoms with E-state index in [4.69, 9.17) is 11.6 Å². The van der Waals surface area contributed by atoms with Crippen LogP contribution in [-0.4, -0.2) is 20.7 Å². The molecular weight excluding hydrogens is 375 g/mol. The molecule has 0 radical (unpaired) electrons. The van der Waals surface area contributed by atoms with Gasteiger partial charge in [0.1, 0.15) is 5.82 Å². The van der Waals surface area contributed by atoms with Crippen molar-refractivity contribution in [3.63, 3.8) is 0 Å². The topological polar surface area (TPSA) is 59.8 Å². The Morgan fingerprint density at radius 2 is 2.31 bits per heavy atom. The maximum atomic E-state index is 13.7. The van der Waals surface area contributed by atoms with Gasteiger partial charge in [-0.25, -0.2) is 9.37 Å². The summed E-state index contributed by atoms with van der Waals surface area (Å²) in [7, 11) is 0. The third-order valence-electron chi connectivity index (χ3n) is 3.71. The lowest BCUT2D eigenvalue weighted by Gasteiger charge is -2.01. The van der Waals surface area contributed by atoms with Crippen molar-refractivity contribution in [2.24, 2.45) is 0 Å². The molecule has 2 aromatic heterocycles. The summed E-state index contributed by atoms with van der Waals surface area (Å²) in [6.07, 6.45) is 6.74. The molecule has 0 aliphatic heterocycles. The van der Waals surface area contributed by atoms with Gasteiger partial charge in [0, 0.05) is 35.7 Å². The van der Waals surface area contributed by atoms with E-state index in [1.54, 1.807) is 34.5 Å². The number of anilines is 1. The highest BCUT2D eigenvalue weighted by Crippen LogP contribution is 2.20. The van der Waals surface area contributed by atoms with Gasteiger partial charge in [0.05, 0.1) is 28.1 Å². The molecule has 0 aliphatic rings. The van der Waals surface area contributed by atoms with Crippen LogP contribution in [0, 0.1) is 12.7 Å². The van der Waals surface area contributed by atoms with Crippen molar-refractivity contribution in [2.45, 2.75) is 19.9 Å². The molecule has 0 bridgehead atoms. The van der Waals surface area contributed by atoms with Crippen LogP contribution >= 0.6 is 22.9 Å². The molecule has 0 saturated heterocycles. The number of benzene rings is 1. The van der Waals surface area contributed by atoms with Gasteiger partial charge in [0.15, 0.2) is 0 Å². The number of nitrogens with zero attached hydrogens (tertiary/aromatic N) is 3. The van der Waals surface area contributed by atoms with Gasteiger partial charge in [-0.2, -0.15) is 5.10 Å². The third-order valence-corrected chi connectivity index (χ3v) is 5.04. The van der Waals surface area contributed by atoms with E-state index in [0.717, 1.165) is 12.1 Å². The quantitative estimate of drug-likeness (QED) is 0.637. The Hall–Kier alpha value is -2.51. The Morgan fingerprint density at radius 3 is 3.04 bits per heavy atom. The molecule has 26 heavy (non-hydrogen) atoms. The van der Waals surface area contributed by atoms with Crippen LogP contribution in [0.25, 0.3) is 6.08 Å². The third kappa shape index (κ3) is 4.56. The first kappa shape index (κ1) is 18.3. The molecule has 3 rings (SSSR count). The average molecular weight is 391 g/mol. The van der Waals surface area contributed by atoms with Gasteiger partial charge in [-0.1, -0.05) is 17.7 Å².